The van der Waals surface area contributed by atoms with Crippen LogP contribution in [-0.4, -0.2) is 37.7 Å². The maximum Gasteiger partial charge on any atom is 0.292 e. The number of hydrogen-bond donors (Lipinski definition) is 2. The largest absolute Gasteiger partial charge is 0.345 e. The van der Waals surface area contributed by atoms with E-state index in [1.165, 1.54) is 5.56 Å². The van der Waals surface area contributed by atoms with Crippen molar-refractivity contribution >= 4 is 11.4 Å². The molecule has 5 rings (SSSR count). The molecule has 0 radical (unpaired) electrons. The van der Waals surface area contributed by atoms with Gasteiger partial charge in [-0.05, 0) is 48.4 Å². The van der Waals surface area contributed by atoms with Crippen molar-refractivity contribution in [3.8, 4) is 22.4 Å². The van der Waals surface area contributed by atoms with E-state index in [9.17, 15) is 4.79 Å². The predicted molar refractivity (Wildman–Crippen MR) is 146 cm³/mol. The van der Waals surface area contributed by atoms with Gasteiger partial charge in [0.25, 0.3) is 11.7 Å². The average molecular weight is 510 g/mol. The molecule has 0 fully saturated rings. The highest BCUT2D eigenvalue weighted by Crippen LogP contribution is 2.29. The van der Waals surface area contributed by atoms with Gasteiger partial charge in [-0.25, -0.2) is 9.50 Å². The third-order valence-electron chi connectivity index (χ3n) is 6.40. The van der Waals surface area contributed by atoms with E-state index in [0.717, 1.165) is 45.6 Å². The molecule has 3 heterocycles. The summed E-state index contributed by atoms with van der Waals surface area (Å²) >= 11 is 0. The summed E-state index contributed by atoms with van der Waals surface area (Å²) in [7, 11) is 1.94. The Balaban J connectivity index is 1.35. The van der Waals surface area contributed by atoms with Crippen LogP contribution in [0.3, 0.4) is 0 Å². The van der Waals surface area contributed by atoms with Crippen LogP contribution >= 0.6 is 0 Å². The van der Waals surface area contributed by atoms with Gasteiger partial charge in [0.15, 0.2) is 0 Å². The van der Waals surface area contributed by atoms with Crippen LogP contribution in [0.25, 0.3) is 27.9 Å². The van der Waals surface area contributed by atoms with Crippen LogP contribution in [0.15, 0.2) is 65.6 Å². The molecule has 194 valence electrons. The summed E-state index contributed by atoms with van der Waals surface area (Å²) in [4.78, 5) is 21.4. The van der Waals surface area contributed by atoms with Gasteiger partial charge < -0.3 is 15.2 Å². The number of aryl methyl sites for hydroxylation is 1. The number of benzene rings is 2. The number of amides is 1. The normalized spacial score (nSPS) is 11.7. The van der Waals surface area contributed by atoms with Gasteiger partial charge in [-0.2, -0.15) is 10.1 Å². The van der Waals surface area contributed by atoms with Crippen molar-refractivity contribution < 1.29 is 9.32 Å². The smallest absolute Gasteiger partial charge is 0.292 e. The molecule has 1 amide bonds. The van der Waals surface area contributed by atoms with E-state index in [1.807, 2.05) is 57.6 Å². The standard InChI is InChI=1S/C29H31N7O2/c1-18-12-21(10-11-22(18)15-31-27(37)26-34-28(38-35-26)29(2,3)4)25-24-13-23(16-36(24)33-17-32-25)20-8-6-19(7-9-20)14-30-5/h6-13,16-17,30H,14-15H2,1-5H3,(H,31,37). The highest BCUT2D eigenvalue weighted by atomic mass is 16.5. The Hall–Kier alpha value is -4.37. The van der Waals surface area contributed by atoms with E-state index < -0.39 is 0 Å². The maximum atomic E-state index is 12.6. The second-order valence-electron chi connectivity index (χ2n) is 10.4. The molecule has 5 aromatic rings. The lowest BCUT2D eigenvalue weighted by Gasteiger charge is -2.10. The van der Waals surface area contributed by atoms with E-state index in [1.54, 1.807) is 6.33 Å². The maximum absolute atomic E-state index is 12.6. The van der Waals surface area contributed by atoms with Crippen molar-refractivity contribution in [2.24, 2.45) is 0 Å². The van der Waals surface area contributed by atoms with Crippen LogP contribution in [0.5, 0.6) is 0 Å². The number of carbonyl (C=O) groups excluding carboxylic acids is 1. The fourth-order valence-corrected chi connectivity index (χ4v) is 4.25. The number of nitrogens with one attached hydrogen (secondary N) is 2. The molecule has 2 aromatic carbocycles. The first-order valence-electron chi connectivity index (χ1n) is 12.5. The topological polar surface area (TPSA) is 110 Å². The molecule has 2 N–H and O–H groups in total. The number of nitrogens with zero attached hydrogens (tertiary/aromatic N) is 5. The highest BCUT2D eigenvalue weighted by Gasteiger charge is 2.24. The number of fused-ring (bicyclic) bond motifs is 1. The summed E-state index contributed by atoms with van der Waals surface area (Å²) in [5.74, 6) is 0.0944. The molecule has 9 heteroatoms. The van der Waals surface area contributed by atoms with E-state index in [0.29, 0.717) is 12.4 Å². The van der Waals surface area contributed by atoms with Gasteiger partial charge >= 0.3 is 0 Å². The van der Waals surface area contributed by atoms with Crippen molar-refractivity contribution in [2.45, 2.75) is 46.2 Å². The lowest BCUT2D eigenvalue weighted by molar-refractivity contribution is 0.0937. The summed E-state index contributed by atoms with van der Waals surface area (Å²) in [6, 6.07) is 16.7. The van der Waals surface area contributed by atoms with E-state index >= 15 is 0 Å². The third-order valence-corrected chi connectivity index (χ3v) is 6.40. The van der Waals surface area contributed by atoms with Crippen molar-refractivity contribution in [1.82, 2.24) is 35.4 Å². The molecular formula is C29H31N7O2. The zero-order chi connectivity index (χ0) is 26.9. The number of hydrogen-bond acceptors (Lipinski definition) is 7. The summed E-state index contributed by atoms with van der Waals surface area (Å²) < 4.78 is 7.09. The minimum absolute atomic E-state index is 0.0354. The molecule has 3 aromatic heterocycles. The van der Waals surface area contributed by atoms with Crippen LogP contribution in [0.1, 0.15) is 54.0 Å². The second kappa shape index (κ2) is 10.2. The number of rotatable bonds is 7. The Morgan fingerprint density at radius 2 is 1.76 bits per heavy atom. The first-order chi connectivity index (χ1) is 18.2. The molecule has 0 unspecified atom stereocenters. The Labute approximate surface area is 221 Å². The van der Waals surface area contributed by atoms with Gasteiger partial charge in [-0.1, -0.05) is 62.3 Å². The number of carbonyl (C=O) groups is 1. The second-order valence-corrected chi connectivity index (χ2v) is 10.4. The zero-order valence-corrected chi connectivity index (χ0v) is 22.2. The quantitative estimate of drug-likeness (QED) is 0.327. The molecule has 0 aliphatic carbocycles. The van der Waals surface area contributed by atoms with Gasteiger partial charge in [0.1, 0.15) is 6.33 Å². The fraction of sp³-hybridized carbons (Fsp3) is 0.276. The van der Waals surface area contributed by atoms with Crippen LogP contribution in [-0.2, 0) is 18.5 Å². The summed E-state index contributed by atoms with van der Waals surface area (Å²) in [5.41, 5.74) is 7.90. The van der Waals surface area contributed by atoms with Crippen LogP contribution in [0.2, 0.25) is 0 Å². The summed E-state index contributed by atoms with van der Waals surface area (Å²) in [6.45, 7) is 9.07. The average Bonchev–Trinajstić information content (AvgIpc) is 3.56. The Morgan fingerprint density at radius 1 is 1.00 bits per heavy atom. The molecular weight excluding hydrogens is 478 g/mol. The monoisotopic (exact) mass is 509 g/mol. The first kappa shape index (κ1) is 25.3. The van der Waals surface area contributed by atoms with Crippen LogP contribution in [0.4, 0.5) is 0 Å². The van der Waals surface area contributed by atoms with Crippen LogP contribution in [0, 0.1) is 6.92 Å². The Kier molecular flexibility index (Phi) is 6.77. The highest BCUT2D eigenvalue weighted by molar-refractivity contribution is 5.90. The SMILES string of the molecule is CNCc1ccc(-c2cc3c(-c4ccc(CNC(=O)c5noc(C(C)(C)C)n5)c(C)c4)ncnn3c2)cc1. The molecule has 0 saturated heterocycles. The minimum atomic E-state index is -0.370. The summed E-state index contributed by atoms with van der Waals surface area (Å²) in [6.07, 6.45) is 3.59. The molecule has 0 bridgehead atoms. The van der Waals surface area contributed by atoms with Gasteiger partial charge in [-0.3, -0.25) is 4.79 Å². The van der Waals surface area contributed by atoms with E-state index in [4.69, 9.17) is 4.52 Å². The first-order valence-corrected chi connectivity index (χ1v) is 12.5. The predicted octanol–water partition coefficient (Wildman–Crippen LogP) is 4.70. The fourth-order valence-electron chi connectivity index (χ4n) is 4.25. The lowest BCUT2D eigenvalue weighted by Crippen LogP contribution is -2.24. The molecule has 0 atom stereocenters. The van der Waals surface area contributed by atoms with Crippen molar-refractivity contribution in [1.29, 1.82) is 0 Å². The lowest BCUT2D eigenvalue weighted by atomic mass is 9.97. The van der Waals surface area contributed by atoms with Gasteiger partial charge in [-0.15, -0.1) is 0 Å². The zero-order valence-electron chi connectivity index (χ0n) is 22.2. The van der Waals surface area contributed by atoms with Crippen LogP contribution < -0.4 is 10.6 Å². The Bertz CT molecular complexity index is 1590. The van der Waals surface area contributed by atoms with E-state index in [2.05, 4.69) is 67.3 Å². The van der Waals surface area contributed by atoms with Crippen molar-refractivity contribution in [2.75, 3.05) is 7.05 Å². The summed E-state index contributed by atoms with van der Waals surface area (Å²) in [5, 5.41) is 14.3. The third kappa shape index (κ3) is 5.19. The molecule has 0 spiro atoms. The van der Waals surface area contributed by atoms with Gasteiger partial charge in [0.2, 0.25) is 5.89 Å². The van der Waals surface area contributed by atoms with E-state index in [-0.39, 0.29) is 17.1 Å². The number of aromatic nitrogens is 5. The molecule has 38 heavy (non-hydrogen) atoms. The van der Waals surface area contributed by atoms with Crippen molar-refractivity contribution in [3.63, 3.8) is 0 Å². The Morgan fingerprint density at radius 3 is 2.45 bits per heavy atom. The molecule has 0 saturated carbocycles. The van der Waals surface area contributed by atoms with Gasteiger partial charge in [0.05, 0.1) is 11.2 Å². The van der Waals surface area contributed by atoms with Crippen molar-refractivity contribution in [3.05, 3.63) is 89.5 Å². The van der Waals surface area contributed by atoms with Gasteiger partial charge in [0, 0.05) is 35.8 Å². The molecule has 0 aliphatic rings. The molecule has 0 aliphatic heterocycles. The minimum Gasteiger partial charge on any atom is -0.345 e. The molecule has 9 nitrogen and oxygen atoms in total.